The van der Waals surface area contributed by atoms with Crippen molar-refractivity contribution < 1.29 is 31.1 Å². The number of nitrogens with zero attached hydrogens (tertiary/aromatic N) is 2. The van der Waals surface area contributed by atoms with Gasteiger partial charge in [0, 0.05) is 12.6 Å². The molecule has 0 saturated heterocycles. The van der Waals surface area contributed by atoms with Gasteiger partial charge in [-0.2, -0.15) is 22.6 Å². The summed E-state index contributed by atoms with van der Waals surface area (Å²) in [5.74, 6) is -0.564. The first-order chi connectivity index (χ1) is 14.0. The minimum absolute atomic E-state index is 0.0735. The number of carbonyl (C=O) groups is 1. The van der Waals surface area contributed by atoms with Crippen molar-refractivity contribution in [2.75, 3.05) is 20.7 Å². The second kappa shape index (κ2) is 9.45. The highest BCUT2D eigenvalue weighted by Gasteiger charge is 2.32. The minimum atomic E-state index is -4.58. The lowest BCUT2D eigenvalue weighted by molar-refractivity contribution is -0.137. The second-order valence-corrected chi connectivity index (χ2v) is 8.39. The van der Waals surface area contributed by atoms with Gasteiger partial charge in [-0.25, -0.2) is 13.8 Å². The van der Waals surface area contributed by atoms with Gasteiger partial charge in [-0.05, 0) is 24.3 Å². The molecule has 2 rings (SSSR count). The predicted molar refractivity (Wildman–Crippen MR) is 105 cm³/mol. The number of hydrazone groups is 1. The molecule has 0 atom stereocenters. The highest BCUT2D eigenvalue weighted by Crippen LogP contribution is 2.31. The smallest absolute Gasteiger partial charge is 0.417 e. The molecule has 0 aromatic heterocycles. The number of halogens is 4. The van der Waals surface area contributed by atoms with E-state index in [1.165, 1.54) is 43.5 Å². The molecular weight excluding hydrogens is 447 g/mol. The molecule has 1 N–H and O–H groups in total. The van der Waals surface area contributed by atoms with E-state index in [1.54, 1.807) is 0 Å². The number of ether oxygens (including phenoxy) is 1. The number of sulfonamides is 1. The van der Waals surface area contributed by atoms with Gasteiger partial charge in [0.2, 0.25) is 10.0 Å². The number of carbonyl (C=O) groups excluding carboxylic acids is 1. The normalized spacial score (nSPS) is 12.4. The SMILES string of the molecule is COc1ccc(S(=O)(=O)N(C)CC(=O)NN=Cc2ccccc2C(F)(F)F)cc1Cl. The lowest BCUT2D eigenvalue weighted by Gasteiger charge is -2.16. The van der Waals surface area contributed by atoms with E-state index in [0.29, 0.717) is 0 Å². The molecule has 7 nitrogen and oxygen atoms in total. The number of likely N-dealkylation sites (N-methyl/N-ethyl adjacent to an activating group) is 1. The van der Waals surface area contributed by atoms with E-state index >= 15 is 0 Å². The zero-order valence-electron chi connectivity index (χ0n) is 15.8. The number of hydrogen-bond donors (Lipinski definition) is 1. The summed E-state index contributed by atoms with van der Waals surface area (Å²) in [6.45, 7) is -0.621. The molecule has 0 radical (unpaired) electrons. The van der Waals surface area contributed by atoms with Crippen molar-refractivity contribution >= 4 is 33.7 Å². The van der Waals surface area contributed by atoms with Crippen LogP contribution >= 0.6 is 11.6 Å². The molecule has 0 spiro atoms. The van der Waals surface area contributed by atoms with Crippen molar-refractivity contribution in [2.24, 2.45) is 5.10 Å². The zero-order chi connectivity index (χ0) is 22.5. The van der Waals surface area contributed by atoms with E-state index in [9.17, 15) is 26.4 Å². The van der Waals surface area contributed by atoms with Crippen LogP contribution in [0.25, 0.3) is 0 Å². The number of amides is 1. The molecule has 1 amide bonds. The number of alkyl halides is 3. The maximum atomic E-state index is 12.9. The molecule has 0 aliphatic heterocycles. The quantitative estimate of drug-likeness (QED) is 0.504. The van der Waals surface area contributed by atoms with Crippen molar-refractivity contribution in [3.63, 3.8) is 0 Å². The monoisotopic (exact) mass is 463 g/mol. The maximum Gasteiger partial charge on any atom is 0.417 e. The second-order valence-electron chi connectivity index (χ2n) is 5.94. The topological polar surface area (TPSA) is 88.1 Å². The molecule has 2 aromatic rings. The van der Waals surface area contributed by atoms with Gasteiger partial charge in [-0.3, -0.25) is 4.79 Å². The Bertz CT molecular complexity index is 1060. The van der Waals surface area contributed by atoms with Crippen molar-refractivity contribution in [1.29, 1.82) is 0 Å². The summed E-state index contributed by atoms with van der Waals surface area (Å²) in [6.07, 6.45) is -3.75. The van der Waals surface area contributed by atoms with Crippen LogP contribution in [0.3, 0.4) is 0 Å². The first-order valence-electron chi connectivity index (χ1n) is 8.25. The largest absolute Gasteiger partial charge is 0.495 e. The van der Waals surface area contributed by atoms with E-state index in [-0.39, 0.29) is 21.2 Å². The first kappa shape index (κ1) is 23.6. The Balaban J connectivity index is 2.06. The molecule has 2 aromatic carbocycles. The summed E-state index contributed by atoms with van der Waals surface area (Å²) in [7, 11) is -1.52. The summed E-state index contributed by atoms with van der Waals surface area (Å²) in [5, 5.41) is 3.55. The third-order valence-electron chi connectivity index (χ3n) is 3.86. The number of methoxy groups -OCH3 is 1. The molecule has 12 heteroatoms. The van der Waals surface area contributed by atoms with E-state index < -0.39 is 34.2 Å². The lowest BCUT2D eigenvalue weighted by atomic mass is 10.1. The molecule has 0 bridgehead atoms. The van der Waals surface area contributed by atoms with Crippen LogP contribution in [0, 0.1) is 0 Å². The fraction of sp³-hybridized carbons (Fsp3) is 0.222. The Morgan fingerprint density at radius 1 is 1.27 bits per heavy atom. The molecule has 0 heterocycles. The van der Waals surface area contributed by atoms with Crippen LogP contribution in [0.5, 0.6) is 5.75 Å². The van der Waals surface area contributed by atoms with Gasteiger partial charge < -0.3 is 4.74 Å². The third-order valence-corrected chi connectivity index (χ3v) is 5.95. The zero-order valence-corrected chi connectivity index (χ0v) is 17.3. The fourth-order valence-corrected chi connectivity index (χ4v) is 3.83. The van der Waals surface area contributed by atoms with E-state index in [4.69, 9.17) is 16.3 Å². The van der Waals surface area contributed by atoms with Crippen molar-refractivity contribution in [3.8, 4) is 5.75 Å². The number of nitrogens with one attached hydrogen (secondary N) is 1. The van der Waals surface area contributed by atoms with Crippen LogP contribution in [-0.4, -0.2) is 45.5 Å². The van der Waals surface area contributed by atoms with Gasteiger partial charge >= 0.3 is 6.18 Å². The average Bonchev–Trinajstić information content (AvgIpc) is 2.67. The summed E-state index contributed by atoms with van der Waals surface area (Å²) >= 11 is 5.93. The Morgan fingerprint density at radius 3 is 2.53 bits per heavy atom. The van der Waals surface area contributed by atoms with Crippen LogP contribution < -0.4 is 10.2 Å². The van der Waals surface area contributed by atoms with Crippen LogP contribution in [-0.2, 0) is 21.0 Å². The highest BCUT2D eigenvalue weighted by atomic mass is 35.5. The molecule has 0 saturated carbocycles. The Morgan fingerprint density at radius 2 is 1.93 bits per heavy atom. The van der Waals surface area contributed by atoms with Crippen LogP contribution in [0.15, 0.2) is 52.5 Å². The minimum Gasteiger partial charge on any atom is -0.495 e. The first-order valence-corrected chi connectivity index (χ1v) is 10.1. The fourth-order valence-electron chi connectivity index (χ4n) is 2.35. The molecule has 0 aliphatic rings. The van der Waals surface area contributed by atoms with Gasteiger partial charge in [0.15, 0.2) is 0 Å². The molecule has 30 heavy (non-hydrogen) atoms. The predicted octanol–water partition coefficient (Wildman–Crippen LogP) is 3.14. The standard InChI is InChI=1S/C18H17ClF3N3O4S/c1-25(30(27,28)13-7-8-16(29-2)15(19)9-13)11-17(26)24-23-10-12-5-3-4-6-14(12)18(20,21)22/h3-10H,11H2,1-2H3,(H,24,26). The average molecular weight is 464 g/mol. The van der Waals surface area contributed by atoms with Crippen LogP contribution in [0.2, 0.25) is 5.02 Å². The van der Waals surface area contributed by atoms with Gasteiger partial charge in [-0.15, -0.1) is 0 Å². The molecule has 0 fully saturated rings. The summed E-state index contributed by atoms with van der Waals surface area (Å²) in [4.78, 5) is 11.8. The summed E-state index contributed by atoms with van der Waals surface area (Å²) in [5.41, 5.74) is 0.837. The van der Waals surface area contributed by atoms with Crippen molar-refractivity contribution in [2.45, 2.75) is 11.1 Å². The molecule has 0 unspecified atom stereocenters. The third kappa shape index (κ3) is 5.71. The van der Waals surface area contributed by atoms with Gasteiger partial charge in [0.05, 0.1) is 35.4 Å². The lowest BCUT2D eigenvalue weighted by Crippen LogP contribution is -2.36. The Kier molecular flexibility index (Phi) is 7.45. The molecular formula is C18H17ClF3N3O4S. The Hall–Kier alpha value is -2.63. The van der Waals surface area contributed by atoms with E-state index in [1.807, 2.05) is 5.43 Å². The highest BCUT2D eigenvalue weighted by molar-refractivity contribution is 7.89. The summed E-state index contributed by atoms with van der Waals surface area (Å²) in [6, 6.07) is 8.48. The van der Waals surface area contributed by atoms with Gasteiger partial charge in [0.25, 0.3) is 5.91 Å². The van der Waals surface area contributed by atoms with Gasteiger partial charge in [-0.1, -0.05) is 29.8 Å². The van der Waals surface area contributed by atoms with Gasteiger partial charge in [0.1, 0.15) is 5.75 Å². The number of hydrogen-bond acceptors (Lipinski definition) is 5. The number of rotatable bonds is 7. The molecule has 162 valence electrons. The number of benzene rings is 2. The van der Waals surface area contributed by atoms with E-state index in [2.05, 4.69) is 5.10 Å². The Labute approximate surface area is 176 Å². The summed E-state index contributed by atoms with van der Waals surface area (Å²) < 4.78 is 69.6. The maximum absolute atomic E-state index is 12.9. The van der Waals surface area contributed by atoms with Crippen molar-refractivity contribution in [1.82, 2.24) is 9.73 Å². The van der Waals surface area contributed by atoms with Crippen LogP contribution in [0.4, 0.5) is 13.2 Å². The van der Waals surface area contributed by atoms with Crippen molar-refractivity contribution in [3.05, 3.63) is 58.6 Å². The molecule has 0 aliphatic carbocycles. The van der Waals surface area contributed by atoms with E-state index in [0.717, 1.165) is 23.6 Å². The van der Waals surface area contributed by atoms with Crippen LogP contribution in [0.1, 0.15) is 11.1 Å².